The van der Waals surface area contributed by atoms with Crippen LogP contribution in [0.4, 0.5) is 5.69 Å². The van der Waals surface area contributed by atoms with E-state index in [0.29, 0.717) is 17.1 Å². The van der Waals surface area contributed by atoms with Gasteiger partial charge in [-0.25, -0.2) is 0 Å². The van der Waals surface area contributed by atoms with Gasteiger partial charge in [0.15, 0.2) is 11.5 Å². The Morgan fingerprint density at radius 1 is 1.19 bits per heavy atom. The van der Waals surface area contributed by atoms with Crippen molar-refractivity contribution in [1.29, 1.82) is 0 Å². The number of hydrogen-bond donors (Lipinski definition) is 0. The molecule has 0 bridgehead atoms. The number of nitro benzene ring substituents is 1. The summed E-state index contributed by atoms with van der Waals surface area (Å²) in [6, 6.07) is 11.1. The highest BCUT2D eigenvalue weighted by Gasteiger charge is 2.37. The van der Waals surface area contributed by atoms with E-state index in [1.54, 1.807) is 30.3 Å². The number of methoxy groups -OCH3 is 2. The van der Waals surface area contributed by atoms with Gasteiger partial charge in [0.25, 0.3) is 5.69 Å². The largest absolute Gasteiger partial charge is 0.493 e. The number of hydrazone groups is 1. The van der Waals surface area contributed by atoms with Gasteiger partial charge in [0.05, 0.1) is 24.7 Å². The highest BCUT2D eigenvalue weighted by atomic mass is 16.6. The maximum absolute atomic E-state index is 12.0. The van der Waals surface area contributed by atoms with E-state index in [-0.39, 0.29) is 17.1 Å². The Labute approximate surface area is 154 Å². The minimum Gasteiger partial charge on any atom is -0.493 e. The first-order valence-corrected chi connectivity index (χ1v) is 7.97. The molecular weight excluding hydrogens is 354 g/mol. The molecule has 0 fully saturated rings. The van der Waals surface area contributed by atoms with Gasteiger partial charge < -0.3 is 14.2 Å². The molecule has 140 valence electrons. The first-order chi connectivity index (χ1) is 13.0. The molecule has 0 N–H and O–H groups in total. The molecule has 0 unspecified atom stereocenters. The topological polar surface area (TPSA) is 104 Å². The summed E-state index contributed by atoms with van der Waals surface area (Å²) in [5.74, 6) is 0.728. The minimum atomic E-state index is -1.04. The molecule has 1 heterocycles. The fourth-order valence-electron chi connectivity index (χ4n) is 2.72. The third kappa shape index (κ3) is 3.39. The van der Waals surface area contributed by atoms with Crippen LogP contribution in [0.25, 0.3) is 0 Å². The average Bonchev–Trinajstić information content (AvgIpc) is 3.13. The van der Waals surface area contributed by atoms with Crippen LogP contribution in [0.3, 0.4) is 0 Å². The van der Waals surface area contributed by atoms with Gasteiger partial charge in [-0.05, 0) is 24.3 Å². The van der Waals surface area contributed by atoms with Gasteiger partial charge in [-0.15, -0.1) is 5.10 Å². The predicted octanol–water partition coefficient (Wildman–Crippen LogP) is 2.85. The average molecular weight is 371 g/mol. The van der Waals surface area contributed by atoms with Crippen molar-refractivity contribution in [2.45, 2.75) is 13.2 Å². The monoisotopic (exact) mass is 371 g/mol. The number of carbonyl (C=O) groups is 1. The molecule has 2 aromatic carbocycles. The zero-order valence-corrected chi connectivity index (χ0v) is 14.9. The van der Waals surface area contributed by atoms with E-state index in [1.165, 1.54) is 33.3 Å². The fourth-order valence-corrected chi connectivity index (χ4v) is 2.72. The van der Waals surface area contributed by atoms with E-state index < -0.39 is 17.1 Å². The summed E-state index contributed by atoms with van der Waals surface area (Å²) in [5.41, 5.74) is 0.620. The number of nitrogens with zero attached hydrogens (tertiary/aromatic N) is 3. The smallest absolute Gasteiger partial charge is 0.278 e. The van der Waals surface area contributed by atoms with Crippen LogP contribution in [-0.4, -0.2) is 36.0 Å². The molecule has 9 nitrogen and oxygen atoms in total. The first-order valence-electron chi connectivity index (χ1n) is 7.97. The number of benzene rings is 2. The Kier molecular flexibility index (Phi) is 4.93. The Morgan fingerprint density at radius 2 is 1.89 bits per heavy atom. The van der Waals surface area contributed by atoms with Crippen LogP contribution in [0.15, 0.2) is 47.6 Å². The molecular formula is C18H17N3O6. The molecule has 1 amide bonds. The molecule has 3 rings (SSSR count). The molecule has 1 aliphatic heterocycles. The third-order valence-corrected chi connectivity index (χ3v) is 4.00. The lowest BCUT2D eigenvalue weighted by Gasteiger charge is -2.19. The Hall–Kier alpha value is -3.62. The van der Waals surface area contributed by atoms with E-state index >= 15 is 0 Å². The summed E-state index contributed by atoms with van der Waals surface area (Å²) >= 11 is 0. The number of para-hydroxylation sites is 1. The lowest BCUT2D eigenvalue weighted by Crippen LogP contribution is -2.25. The summed E-state index contributed by atoms with van der Waals surface area (Å²) in [5, 5.41) is 16.6. The third-order valence-electron chi connectivity index (χ3n) is 4.00. The molecule has 2 aromatic rings. The summed E-state index contributed by atoms with van der Waals surface area (Å²) in [4.78, 5) is 22.9. The van der Waals surface area contributed by atoms with Crippen molar-refractivity contribution in [2.75, 3.05) is 14.2 Å². The number of rotatable bonds is 5. The molecule has 0 aromatic heterocycles. The molecule has 0 saturated heterocycles. The number of hydrogen-bond acceptors (Lipinski definition) is 7. The van der Waals surface area contributed by atoms with Crippen LogP contribution >= 0.6 is 0 Å². The maximum atomic E-state index is 12.0. The van der Waals surface area contributed by atoms with E-state index in [1.807, 2.05) is 0 Å². The second-order valence-electron chi connectivity index (χ2n) is 5.62. The highest BCUT2D eigenvalue weighted by molar-refractivity contribution is 5.97. The minimum absolute atomic E-state index is 0.148. The van der Waals surface area contributed by atoms with Gasteiger partial charge in [0.1, 0.15) is 0 Å². The molecule has 1 aliphatic rings. The van der Waals surface area contributed by atoms with Crippen LogP contribution in [0.5, 0.6) is 11.5 Å². The summed E-state index contributed by atoms with van der Waals surface area (Å²) in [6.07, 6.45) is -1.04. The van der Waals surface area contributed by atoms with Crippen LogP contribution < -0.4 is 9.47 Å². The SMILES string of the molecule is COc1ccc(C2=NN(C(C)=O)[C@@H](c3ccccc3[N+](=O)[O-])O2)cc1OC. The normalized spacial score (nSPS) is 15.7. The number of nitro groups is 1. The van der Waals surface area contributed by atoms with E-state index in [4.69, 9.17) is 14.2 Å². The van der Waals surface area contributed by atoms with Gasteiger partial charge in [0.2, 0.25) is 18.0 Å². The molecule has 1 atom stereocenters. The van der Waals surface area contributed by atoms with Crippen molar-refractivity contribution in [2.24, 2.45) is 5.10 Å². The Balaban J connectivity index is 2.01. The van der Waals surface area contributed by atoms with Gasteiger partial charge in [-0.2, -0.15) is 5.01 Å². The van der Waals surface area contributed by atoms with E-state index in [9.17, 15) is 14.9 Å². The van der Waals surface area contributed by atoms with Gasteiger partial charge in [-0.3, -0.25) is 14.9 Å². The summed E-state index contributed by atoms with van der Waals surface area (Å²) in [7, 11) is 3.01. The van der Waals surface area contributed by atoms with Gasteiger partial charge in [-0.1, -0.05) is 12.1 Å². The van der Waals surface area contributed by atoms with Crippen LogP contribution in [-0.2, 0) is 9.53 Å². The highest BCUT2D eigenvalue weighted by Crippen LogP contribution is 2.36. The van der Waals surface area contributed by atoms with E-state index in [2.05, 4.69) is 5.10 Å². The van der Waals surface area contributed by atoms with Crippen LogP contribution in [0, 0.1) is 10.1 Å². The van der Waals surface area contributed by atoms with Crippen molar-refractivity contribution >= 4 is 17.5 Å². The van der Waals surface area contributed by atoms with Gasteiger partial charge >= 0.3 is 0 Å². The molecule has 0 aliphatic carbocycles. The Bertz CT molecular complexity index is 927. The van der Waals surface area contributed by atoms with Crippen LogP contribution in [0.2, 0.25) is 0 Å². The van der Waals surface area contributed by atoms with Crippen molar-refractivity contribution in [3.8, 4) is 11.5 Å². The second-order valence-corrected chi connectivity index (χ2v) is 5.62. The lowest BCUT2D eigenvalue weighted by atomic mass is 10.1. The zero-order chi connectivity index (χ0) is 19.6. The van der Waals surface area contributed by atoms with Crippen molar-refractivity contribution in [3.05, 3.63) is 63.7 Å². The lowest BCUT2D eigenvalue weighted by molar-refractivity contribution is -0.386. The fraction of sp³-hybridized carbons (Fsp3) is 0.222. The first kappa shape index (κ1) is 18.2. The van der Waals surface area contributed by atoms with E-state index in [0.717, 1.165) is 5.01 Å². The standard InChI is InChI=1S/C18H17N3O6/c1-11(22)20-18(13-6-4-5-7-14(13)21(23)24)27-17(19-20)12-8-9-15(25-2)16(10-12)26-3/h4-10,18H,1-3H3/t18-/m1/s1. The van der Waals surface area contributed by atoms with Crippen molar-refractivity contribution in [3.63, 3.8) is 0 Å². The molecule has 0 spiro atoms. The predicted molar refractivity (Wildman–Crippen MR) is 95.5 cm³/mol. The summed E-state index contributed by atoms with van der Waals surface area (Å²) < 4.78 is 16.3. The van der Waals surface area contributed by atoms with Crippen molar-refractivity contribution < 1.29 is 23.9 Å². The Morgan fingerprint density at radius 3 is 2.52 bits per heavy atom. The number of amides is 1. The quantitative estimate of drug-likeness (QED) is 0.591. The zero-order valence-electron chi connectivity index (χ0n) is 14.9. The van der Waals surface area contributed by atoms with Crippen LogP contribution in [0.1, 0.15) is 24.3 Å². The maximum Gasteiger partial charge on any atom is 0.278 e. The molecule has 0 radical (unpaired) electrons. The molecule has 9 heteroatoms. The van der Waals surface area contributed by atoms with Gasteiger partial charge in [0, 0.05) is 18.6 Å². The van der Waals surface area contributed by atoms with Crippen molar-refractivity contribution in [1.82, 2.24) is 5.01 Å². The number of carbonyl (C=O) groups excluding carboxylic acids is 1. The summed E-state index contributed by atoms with van der Waals surface area (Å²) in [6.45, 7) is 1.31. The number of ether oxygens (including phenoxy) is 3. The molecule has 0 saturated carbocycles. The molecule has 27 heavy (non-hydrogen) atoms. The second kappa shape index (κ2) is 7.32.